The van der Waals surface area contributed by atoms with Crippen molar-refractivity contribution >= 4 is 0 Å². The van der Waals surface area contributed by atoms with E-state index in [0.717, 1.165) is 19.3 Å². The Bertz CT molecular complexity index is 172. The van der Waals surface area contributed by atoms with Gasteiger partial charge in [-0.25, -0.2) is 0 Å². The number of aliphatic hydroxyl groups excluding tert-OH is 1. The highest BCUT2D eigenvalue weighted by molar-refractivity contribution is 4.93. The maximum Gasteiger partial charge on any atom is 0.0436 e. The van der Waals surface area contributed by atoms with Crippen molar-refractivity contribution in [1.82, 2.24) is 4.90 Å². The molecule has 84 valence electrons. The van der Waals surface area contributed by atoms with Gasteiger partial charge in [0.2, 0.25) is 0 Å². The first-order valence-corrected chi connectivity index (χ1v) is 5.57. The second kappa shape index (κ2) is 4.60. The highest BCUT2D eigenvalue weighted by atomic mass is 16.3. The van der Waals surface area contributed by atoms with Gasteiger partial charge in [-0.15, -0.1) is 0 Å². The second-order valence-electron chi connectivity index (χ2n) is 4.95. The molecule has 1 saturated heterocycles. The van der Waals surface area contributed by atoms with Crippen LogP contribution in [0.4, 0.5) is 0 Å². The van der Waals surface area contributed by atoms with Crippen LogP contribution in [-0.4, -0.2) is 42.3 Å². The van der Waals surface area contributed by atoms with Crippen molar-refractivity contribution < 1.29 is 5.11 Å². The Balaban J connectivity index is 2.70. The third-order valence-electron chi connectivity index (χ3n) is 3.92. The summed E-state index contributed by atoms with van der Waals surface area (Å²) < 4.78 is 0. The number of hydrogen-bond acceptors (Lipinski definition) is 3. The molecule has 0 radical (unpaired) electrons. The lowest BCUT2D eigenvalue weighted by molar-refractivity contribution is 0.0225. The van der Waals surface area contributed by atoms with Crippen molar-refractivity contribution in [3.05, 3.63) is 0 Å². The highest BCUT2D eigenvalue weighted by Gasteiger charge is 2.38. The Hall–Kier alpha value is -0.120. The van der Waals surface area contributed by atoms with E-state index in [1.165, 1.54) is 0 Å². The van der Waals surface area contributed by atoms with Crippen LogP contribution in [0.5, 0.6) is 0 Å². The molecule has 0 bridgehead atoms. The first kappa shape index (κ1) is 12.0. The number of rotatable bonds is 3. The first-order valence-electron chi connectivity index (χ1n) is 5.57. The lowest BCUT2D eigenvalue weighted by Crippen LogP contribution is -2.51. The fourth-order valence-electron chi connectivity index (χ4n) is 2.77. The Kier molecular flexibility index (Phi) is 3.93. The van der Waals surface area contributed by atoms with E-state index >= 15 is 0 Å². The van der Waals surface area contributed by atoms with E-state index < -0.39 is 0 Å². The topological polar surface area (TPSA) is 49.5 Å². The molecule has 2 unspecified atom stereocenters. The summed E-state index contributed by atoms with van der Waals surface area (Å²) in [5.74, 6) is 0. The number of likely N-dealkylation sites (tertiary alicyclic amines) is 1. The van der Waals surface area contributed by atoms with Gasteiger partial charge in [-0.1, -0.05) is 0 Å². The molecule has 1 heterocycles. The SMILES string of the molecule is CC1CC(CN)(CCO)CC(C)N1C. The predicted molar refractivity (Wildman–Crippen MR) is 59.1 cm³/mol. The monoisotopic (exact) mass is 200 g/mol. The van der Waals surface area contributed by atoms with Crippen LogP contribution in [0.2, 0.25) is 0 Å². The third kappa shape index (κ3) is 2.27. The van der Waals surface area contributed by atoms with Gasteiger partial charge in [-0.3, -0.25) is 0 Å². The molecule has 0 spiro atoms. The van der Waals surface area contributed by atoms with E-state index in [9.17, 15) is 0 Å². The molecule has 3 nitrogen and oxygen atoms in total. The van der Waals surface area contributed by atoms with Crippen molar-refractivity contribution in [3.63, 3.8) is 0 Å². The summed E-state index contributed by atoms with van der Waals surface area (Å²) in [6.45, 7) is 5.46. The molecular weight excluding hydrogens is 176 g/mol. The Morgan fingerprint density at radius 2 is 1.86 bits per heavy atom. The minimum absolute atomic E-state index is 0.181. The molecule has 0 aromatic rings. The van der Waals surface area contributed by atoms with Gasteiger partial charge >= 0.3 is 0 Å². The van der Waals surface area contributed by atoms with Gasteiger partial charge in [0.15, 0.2) is 0 Å². The number of aliphatic hydroxyl groups is 1. The van der Waals surface area contributed by atoms with Crippen molar-refractivity contribution in [2.45, 2.75) is 45.2 Å². The van der Waals surface area contributed by atoms with Gasteiger partial charge in [0, 0.05) is 18.7 Å². The van der Waals surface area contributed by atoms with Crippen LogP contribution in [0.1, 0.15) is 33.1 Å². The molecule has 0 aromatic heterocycles. The summed E-state index contributed by atoms with van der Waals surface area (Å²) in [4.78, 5) is 2.41. The predicted octanol–water partition coefficient (Wildman–Crippen LogP) is 0.817. The molecule has 0 aliphatic carbocycles. The first-order chi connectivity index (χ1) is 6.54. The van der Waals surface area contributed by atoms with Crippen LogP contribution in [0.3, 0.4) is 0 Å². The average molecular weight is 200 g/mol. The minimum atomic E-state index is 0.181. The number of hydrogen-bond donors (Lipinski definition) is 2. The molecule has 3 heteroatoms. The van der Waals surface area contributed by atoms with Crippen LogP contribution in [-0.2, 0) is 0 Å². The summed E-state index contributed by atoms with van der Waals surface area (Å²) in [7, 11) is 2.18. The Labute approximate surface area is 87.3 Å². The van der Waals surface area contributed by atoms with Crippen LogP contribution in [0.25, 0.3) is 0 Å². The summed E-state index contributed by atoms with van der Waals surface area (Å²) in [5, 5.41) is 9.08. The lowest BCUT2D eigenvalue weighted by Gasteiger charge is -2.47. The van der Waals surface area contributed by atoms with E-state index in [-0.39, 0.29) is 12.0 Å². The van der Waals surface area contributed by atoms with Crippen LogP contribution >= 0.6 is 0 Å². The van der Waals surface area contributed by atoms with Crippen LogP contribution < -0.4 is 5.73 Å². The van der Waals surface area contributed by atoms with Crippen molar-refractivity contribution in [2.24, 2.45) is 11.1 Å². The molecule has 2 atom stereocenters. The van der Waals surface area contributed by atoms with Crippen molar-refractivity contribution in [1.29, 1.82) is 0 Å². The molecular formula is C11H24N2O. The number of piperidine rings is 1. The van der Waals surface area contributed by atoms with Crippen LogP contribution in [0, 0.1) is 5.41 Å². The second-order valence-corrected chi connectivity index (χ2v) is 4.95. The van der Waals surface area contributed by atoms with Gasteiger partial charge in [0.05, 0.1) is 0 Å². The fourth-order valence-corrected chi connectivity index (χ4v) is 2.77. The molecule has 0 aromatic carbocycles. The highest BCUT2D eigenvalue weighted by Crippen LogP contribution is 2.39. The molecule has 14 heavy (non-hydrogen) atoms. The fraction of sp³-hybridized carbons (Fsp3) is 1.00. The normalized spacial score (nSPS) is 40.1. The van der Waals surface area contributed by atoms with Crippen molar-refractivity contribution in [2.75, 3.05) is 20.2 Å². The number of nitrogens with zero attached hydrogens (tertiary/aromatic N) is 1. The minimum Gasteiger partial charge on any atom is -0.396 e. The maximum absolute atomic E-state index is 9.08. The molecule has 1 aliphatic heterocycles. The van der Waals surface area contributed by atoms with E-state index in [4.69, 9.17) is 10.8 Å². The van der Waals surface area contributed by atoms with Gasteiger partial charge in [0.1, 0.15) is 0 Å². The lowest BCUT2D eigenvalue weighted by atomic mass is 9.71. The number of nitrogens with two attached hydrogens (primary N) is 1. The molecule has 0 saturated carbocycles. The van der Waals surface area contributed by atoms with Gasteiger partial charge in [0.25, 0.3) is 0 Å². The standard InChI is InChI=1S/C11H24N2O/c1-9-6-11(8-12,4-5-14)7-10(2)13(9)3/h9-10,14H,4-8,12H2,1-3H3. The zero-order chi connectivity index (χ0) is 10.8. The Morgan fingerprint density at radius 1 is 1.36 bits per heavy atom. The Morgan fingerprint density at radius 3 is 2.21 bits per heavy atom. The smallest absolute Gasteiger partial charge is 0.0436 e. The molecule has 1 rings (SSSR count). The van der Waals surface area contributed by atoms with Gasteiger partial charge < -0.3 is 15.7 Å². The third-order valence-corrected chi connectivity index (χ3v) is 3.92. The summed E-state index contributed by atoms with van der Waals surface area (Å²) >= 11 is 0. The van der Waals surface area contributed by atoms with E-state index in [1.54, 1.807) is 0 Å². The summed E-state index contributed by atoms with van der Waals surface area (Å²) in [5.41, 5.74) is 6.05. The van der Waals surface area contributed by atoms with Crippen LogP contribution in [0.15, 0.2) is 0 Å². The largest absolute Gasteiger partial charge is 0.396 e. The average Bonchev–Trinajstić information content (AvgIpc) is 2.15. The van der Waals surface area contributed by atoms with E-state index in [1.807, 2.05) is 0 Å². The van der Waals surface area contributed by atoms with Crippen molar-refractivity contribution in [3.8, 4) is 0 Å². The molecule has 3 N–H and O–H groups in total. The van der Waals surface area contributed by atoms with Gasteiger partial charge in [-0.05, 0) is 52.1 Å². The van der Waals surface area contributed by atoms with Gasteiger partial charge in [-0.2, -0.15) is 0 Å². The molecule has 1 aliphatic rings. The maximum atomic E-state index is 9.08. The van der Waals surface area contributed by atoms with E-state index in [2.05, 4.69) is 25.8 Å². The molecule has 1 fully saturated rings. The molecule has 0 amide bonds. The zero-order valence-corrected chi connectivity index (χ0v) is 9.66. The summed E-state index contributed by atoms with van der Waals surface area (Å²) in [6.07, 6.45) is 3.09. The quantitative estimate of drug-likeness (QED) is 0.709. The summed E-state index contributed by atoms with van der Waals surface area (Å²) in [6, 6.07) is 1.16. The zero-order valence-electron chi connectivity index (χ0n) is 9.66. The van der Waals surface area contributed by atoms with E-state index in [0.29, 0.717) is 18.6 Å².